The number of hydrogen-bond acceptors (Lipinski definition) is 3. The number of anilines is 1. The van der Waals surface area contributed by atoms with E-state index in [0.29, 0.717) is 5.56 Å². The van der Waals surface area contributed by atoms with E-state index in [4.69, 9.17) is 0 Å². The van der Waals surface area contributed by atoms with Gasteiger partial charge in [-0.25, -0.2) is 0 Å². The second-order valence-corrected chi connectivity index (χ2v) is 4.68. The quantitative estimate of drug-likeness (QED) is 0.589. The minimum atomic E-state index is -0.0802. The monoisotopic (exact) mass is 280 g/mol. The van der Waals surface area contributed by atoms with Crippen LogP contribution in [0.1, 0.15) is 24.2 Å². The highest BCUT2D eigenvalue weighted by Gasteiger charge is 2.02. The van der Waals surface area contributed by atoms with Crippen LogP contribution >= 0.6 is 0 Å². The minimum Gasteiger partial charge on any atom is -0.372 e. The van der Waals surface area contributed by atoms with Crippen molar-refractivity contribution < 1.29 is 4.79 Å². The summed E-state index contributed by atoms with van der Waals surface area (Å²) in [5.74, 6) is -0.0802. The minimum absolute atomic E-state index is 0.0802. The Kier molecular flexibility index (Phi) is 5.27. The normalized spacial score (nSPS) is 10.8. The van der Waals surface area contributed by atoms with Crippen molar-refractivity contribution in [2.24, 2.45) is 4.99 Å². The maximum Gasteiger partial charge on any atom is 0.204 e. The van der Waals surface area contributed by atoms with Crippen LogP contribution < -0.4 is 4.90 Å². The van der Waals surface area contributed by atoms with Gasteiger partial charge in [0.1, 0.15) is 0 Å². The van der Waals surface area contributed by atoms with Gasteiger partial charge in [-0.05, 0) is 38.1 Å². The molecule has 0 amide bonds. The van der Waals surface area contributed by atoms with Gasteiger partial charge in [-0.3, -0.25) is 9.79 Å². The molecule has 0 unspecified atom stereocenters. The number of nitrogens with zero attached hydrogens (tertiary/aromatic N) is 2. The van der Waals surface area contributed by atoms with Crippen LogP contribution in [0.2, 0.25) is 0 Å². The summed E-state index contributed by atoms with van der Waals surface area (Å²) in [4.78, 5) is 18.4. The van der Waals surface area contributed by atoms with Crippen molar-refractivity contribution in [2.45, 2.75) is 13.8 Å². The standard InChI is InChI=1S/C18H20N2O/c1-3-20(4-2)17-12-10-16(11-13-17)19-14-18(21)15-8-6-5-7-9-15/h5-14H,3-4H2,1-2H3. The summed E-state index contributed by atoms with van der Waals surface area (Å²) in [6, 6.07) is 17.1. The fraction of sp³-hybridized carbons (Fsp3) is 0.222. The number of Topliss-reactive ketones (excluding diaryl/α,β-unsaturated/α-hetero) is 1. The summed E-state index contributed by atoms with van der Waals surface area (Å²) in [5.41, 5.74) is 2.62. The fourth-order valence-corrected chi connectivity index (χ4v) is 2.15. The van der Waals surface area contributed by atoms with E-state index in [0.717, 1.165) is 18.8 Å². The fourth-order valence-electron chi connectivity index (χ4n) is 2.15. The zero-order valence-electron chi connectivity index (χ0n) is 12.5. The summed E-state index contributed by atoms with van der Waals surface area (Å²) >= 11 is 0. The van der Waals surface area contributed by atoms with Crippen LogP contribution in [0.15, 0.2) is 59.6 Å². The van der Waals surface area contributed by atoms with Gasteiger partial charge in [0, 0.05) is 24.3 Å². The van der Waals surface area contributed by atoms with Crippen LogP contribution in [0, 0.1) is 0 Å². The van der Waals surface area contributed by atoms with Crippen molar-refractivity contribution in [3.63, 3.8) is 0 Å². The molecule has 3 heteroatoms. The molecule has 0 aliphatic rings. The topological polar surface area (TPSA) is 32.7 Å². The molecule has 0 heterocycles. The largest absolute Gasteiger partial charge is 0.372 e. The zero-order valence-corrected chi connectivity index (χ0v) is 12.5. The van der Waals surface area contributed by atoms with Crippen LogP contribution in [-0.2, 0) is 0 Å². The molecule has 0 saturated heterocycles. The molecule has 0 saturated carbocycles. The van der Waals surface area contributed by atoms with Crippen LogP contribution in [0.5, 0.6) is 0 Å². The molecule has 2 aromatic carbocycles. The molecule has 2 rings (SSSR count). The average Bonchev–Trinajstić information content (AvgIpc) is 2.55. The van der Waals surface area contributed by atoms with Gasteiger partial charge < -0.3 is 4.90 Å². The molecule has 0 atom stereocenters. The summed E-state index contributed by atoms with van der Waals surface area (Å²) in [6.45, 7) is 6.22. The molecule has 0 spiro atoms. The van der Waals surface area contributed by atoms with E-state index in [9.17, 15) is 4.79 Å². The first-order valence-corrected chi connectivity index (χ1v) is 7.23. The van der Waals surface area contributed by atoms with Gasteiger partial charge in [-0.1, -0.05) is 30.3 Å². The molecular weight excluding hydrogens is 260 g/mol. The molecule has 3 nitrogen and oxygen atoms in total. The molecule has 0 N–H and O–H groups in total. The SMILES string of the molecule is CCN(CC)c1ccc(N=CC(=O)c2ccccc2)cc1. The predicted molar refractivity (Wildman–Crippen MR) is 88.9 cm³/mol. The highest BCUT2D eigenvalue weighted by molar-refractivity contribution is 6.35. The van der Waals surface area contributed by atoms with E-state index in [1.165, 1.54) is 11.9 Å². The third-order valence-corrected chi connectivity index (χ3v) is 3.37. The highest BCUT2D eigenvalue weighted by Crippen LogP contribution is 2.19. The molecule has 0 bridgehead atoms. The Labute approximate surface area is 125 Å². The third-order valence-electron chi connectivity index (χ3n) is 3.37. The maximum atomic E-state index is 11.9. The van der Waals surface area contributed by atoms with Crippen molar-refractivity contribution >= 4 is 23.4 Å². The number of benzene rings is 2. The van der Waals surface area contributed by atoms with Gasteiger partial charge in [0.2, 0.25) is 5.78 Å². The number of carbonyl (C=O) groups is 1. The van der Waals surface area contributed by atoms with Gasteiger partial charge in [0.05, 0.1) is 11.9 Å². The van der Waals surface area contributed by atoms with Crippen molar-refractivity contribution in [1.29, 1.82) is 0 Å². The number of ketones is 1. The molecule has 108 valence electrons. The first-order valence-electron chi connectivity index (χ1n) is 7.23. The Morgan fingerprint density at radius 2 is 1.62 bits per heavy atom. The molecule has 0 aliphatic heterocycles. The third kappa shape index (κ3) is 4.02. The van der Waals surface area contributed by atoms with Crippen molar-refractivity contribution in [2.75, 3.05) is 18.0 Å². The van der Waals surface area contributed by atoms with Gasteiger partial charge in [-0.15, -0.1) is 0 Å². The summed E-state index contributed by atoms with van der Waals surface area (Å²) in [7, 11) is 0. The zero-order chi connectivity index (χ0) is 15.1. The summed E-state index contributed by atoms with van der Waals surface area (Å²) < 4.78 is 0. The lowest BCUT2D eigenvalue weighted by atomic mass is 10.1. The average molecular weight is 280 g/mol. The molecule has 0 fully saturated rings. The van der Waals surface area contributed by atoms with Crippen LogP contribution in [0.4, 0.5) is 11.4 Å². The Morgan fingerprint density at radius 1 is 1.00 bits per heavy atom. The van der Waals surface area contributed by atoms with Crippen molar-refractivity contribution in [1.82, 2.24) is 0 Å². The second-order valence-electron chi connectivity index (χ2n) is 4.68. The molecule has 2 aromatic rings. The number of carbonyl (C=O) groups excluding carboxylic acids is 1. The van der Waals surface area contributed by atoms with E-state index >= 15 is 0 Å². The van der Waals surface area contributed by atoms with Crippen molar-refractivity contribution in [3.8, 4) is 0 Å². The Hall–Kier alpha value is -2.42. The predicted octanol–water partition coefficient (Wildman–Crippen LogP) is 4.12. The first-order chi connectivity index (χ1) is 10.2. The lowest BCUT2D eigenvalue weighted by molar-refractivity contribution is 0.107. The molecular formula is C18H20N2O. The molecule has 21 heavy (non-hydrogen) atoms. The number of aliphatic imine (C=N–C) groups is 1. The van der Waals surface area contributed by atoms with Crippen LogP contribution in [0.3, 0.4) is 0 Å². The maximum absolute atomic E-state index is 11.9. The highest BCUT2D eigenvalue weighted by atomic mass is 16.1. The summed E-state index contributed by atoms with van der Waals surface area (Å²) in [5, 5.41) is 0. The summed E-state index contributed by atoms with van der Waals surface area (Å²) in [6.07, 6.45) is 1.38. The van der Waals surface area contributed by atoms with Gasteiger partial charge in [0.15, 0.2) is 0 Å². The molecule has 0 radical (unpaired) electrons. The van der Waals surface area contributed by atoms with E-state index in [2.05, 4.69) is 23.7 Å². The number of rotatable bonds is 6. The lowest BCUT2D eigenvalue weighted by Gasteiger charge is -2.20. The Bertz CT molecular complexity index is 599. The second kappa shape index (κ2) is 7.39. The Morgan fingerprint density at radius 3 is 2.19 bits per heavy atom. The van der Waals surface area contributed by atoms with Gasteiger partial charge in [-0.2, -0.15) is 0 Å². The van der Waals surface area contributed by atoms with Crippen LogP contribution in [-0.4, -0.2) is 25.1 Å². The smallest absolute Gasteiger partial charge is 0.204 e. The van der Waals surface area contributed by atoms with Gasteiger partial charge >= 0.3 is 0 Å². The molecule has 0 aromatic heterocycles. The Balaban J connectivity index is 2.06. The first kappa shape index (κ1) is 15.0. The van der Waals surface area contributed by atoms with Crippen molar-refractivity contribution in [3.05, 3.63) is 60.2 Å². The molecule has 0 aliphatic carbocycles. The van der Waals surface area contributed by atoms with E-state index < -0.39 is 0 Å². The van der Waals surface area contributed by atoms with Crippen LogP contribution in [0.25, 0.3) is 0 Å². The lowest BCUT2D eigenvalue weighted by Crippen LogP contribution is -2.21. The van der Waals surface area contributed by atoms with E-state index in [-0.39, 0.29) is 5.78 Å². The number of hydrogen-bond donors (Lipinski definition) is 0. The van der Waals surface area contributed by atoms with E-state index in [1.54, 1.807) is 12.1 Å². The van der Waals surface area contributed by atoms with Gasteiger partial charge in [0.25, 0.3) is 0 Å². The van der Waals surface area contributed by atoms with E-state index in [1.807, 2.05) is 42.5 Å².